The molecule has 1 aromatic carbocycles. The molecule has 22 heavy (non-hydrogen) atoms. The summed E-state index contributed by atoms with van der Waals surface area (Å²) in [5, 5.41) is 2.39. The van der Waals surface area contributed by atoms with Gasteiger partial charge in [-0.25, -0.2) is 9.18 Å². The van der Waals surface area contributed by atoms with Crippen molar-refractivity contribution in [2.75, 3.05) is 6.54 Å². The summed E-state index contributed by atoms with van der Waals surface area (Å²) in [5.41, 5.74) is 3.49. The van der Waals surface area contributed by atoms with Crippen molar-refractivity contribution in [1.82, 2.24) is 5.32 Å². The van der Waals surface area contributed by atoms with E-state index in [9.17, 15) is 22.4 Å². The molecule has 1 amide bonds. The van der Waals surface area contributed by atoms with Crippen molar-refractivity contribution in [2.45, 2.75) is 38.6 Å². The van der Waals surface area contributed by atoms with Gasteiger partial charge in [0, 0.05) is 6.54 Å². The van der Waals surface area contributed by atoms with Gasteiger partial charge in [-0.3, -0.25) is 0 Å². The monoisotopic (exact) mass is 322 g/mol. The van der Waals surface area contributed by atoms with Crippen LogP contribution in [0.3, 0.4) is 0 Å². The topological polar surface area (TPSA) is 64.3 Å². The fourth-order valence-electron chi connectivity index (χ4n) is 1.71. The number of nitrogens with one attached hydrogen (secondary N) is 1. The number of hydrogen-bond donors (Lipinski definition) is 2. The number of rotatable bonds is 3. The van der Waals surface area contributed by atoms with Crippen LogP contribution >= 0.6 is 0 Å². The van der Waals surface area contributed by atoms with E-state index in [1.54, 1.807) is 20.8 Å². The van der Waals surface area contributed by atoms with E-state index in [-0.39, 0.29) is 12.1 Å². The number of benzene rings is 1. The molecule has 0 aliphatic rings. The number of halogens is 4. The van der Waals surface area contributed by atoms with Gasteiger partial charge in [0.15, 0.2) is 0 Å². The zero-order valence-electron chi connectivity index (χ0n) is 12.4. The number of carbonyl (C=O) groups excluding carboxylic acids is 1. The molecule has 0 saturated heterocycles. The second-order valence-electron chi connectivity index (χ2n) is 5.67. The molecule has 1 aromatic rings. The fourth-order valence-corrected chi connectivity index (χ4v) is 1.71. The van der Waals surface area contributed by atoms with Gasteiger partial charge in [0.25, 0.3) is 0 Å². The Morgan fingerprint density at radius 2 is 1.91 bits per heavy atom. The van der Waals surface area contributed by atoms with Gasteiger partial charge in [0.05, 0.1) is 11.6 Å². The number of nitrogens with two attached hydrogens (primary N) is 1. The van der Waals surface area contributed by atoms with Gasteiger partial charge < -0.3 is 15.8 Å². The third kappa shape index (κ3) is 5.18. The van der Waals surface area contributed by atoms with Crippen LogP contribution in [0.1, 0.15) is 37.9 Å². The fraction of sp³-hybridized carbons (Fsp3) is 0.500. The minimum Gasteiger partial charge on any atom is -0.444 e. The minimum atomic E-state index is -4.78. The molecule has 0 bridgehead atoms. The molecule has 1 unspecified atom stereocenters. The molecule has 0 aromatic heterocycles. The molecule has 8 heteroatoms. The van der Waals surface area contributed by atoms with Crippen molar-refractivity contribution in [1.29, 1.82) is 0 Å². The molecular formula is C14H18F4N2O2. The third-order valence-corrected chi connectivity index (χ3v) is 2.63. The quantitative estimate of drug-likeness (QED) is 0.839. The number of amides is 1. The predicted octanol–water partition coefficient (Wildman–Crippen LogP) is 3.37. The largest absolute Gasteiger partial charge is 0.444 e. The van der Waals surface area contributed by atoms with Crippen molar-refractivity contribution < 1.29 is 27.1 Å². The summed E-state index contributed by atoms with van der Waals surface area (Å²) in [6.07, 6.45) is -5.57. The van der Waals surface area contributed by atoms with E-state index in [2.05, 4.69) is 5.32 Å². The molecule has 0 aliphatic heterocycles. The number of hydrogen-bond acceptors (Lipinski definition) is 3. The molecule has 0 spiro atoms. The molecule has 0 radical (unpaired) electrons. The highest BCUT2D eigenvalue weighted by molar-refractivity contribution is 5.68. The van der Waals surface area contributed by atoms with E-state index in [0.717, 1.165) is 6.07 Å². The minimum absolute atomic E-state index is 0.121. The van der Waals surface area contributed by atoms with Crippen LogP contribution in [-0.2, 0) is 10.9 Å². The van der Waals surface area contributed by atoms with Crippen LogP contribution in [0.15, 0.2) is 18.2 Å². The highest BCUT2D eigenvalue weighted by Crippen LogP contribution is 2.32. The molecule has 1 atom stereocenters. The first-order chi connectivity index (χ1) is 9.94. The average molecular weight is 322 g/mol. The SMILES string of the molecule is CC(C)(C)OC(=O)NC(CN)c1ccc(C(F)(F)F)c(F)c1. The molecule has 0 heterocycles. The van der Waals surface area contributed by atoms with Crippen LogP contribution in [0.4, 0.5) is 22.4 Å². The Kier molecular flexibility index (Phi) is 5.39. The van der Waals surface area contributed by atoms with Crippen LogP contribution in [0.5, 0.6) is 0 Å². The standard InChI is InChI=1S/C14H18F4N2O2/c1-13(2,3)22-12(21)20-11(7-19)8-4-5-9(10(15)6-8)14(16,17)18/h4-6,11H,7,19H2,1-3H3,(H,20,21). The third-order valence-electron chi connectivity index (χ3n) is 2.63. The lowest BCUT2D eigenvalue weighted by atomic mass is 10.0. The molecule has 0 fully saturated rings. The van der Waals surface area contributed by atoms with Gasteiger partial charge >= 0.3 is 12.3 Å². The number of carbonyl (C=O) groups is 1. The van der Waals surface area contributed by atoms with Crippen LogP contribution in [0.2, 0.25) is 0 Å². The molecule has 124 valence electrons. The maximum atomic E-state index is 13.5. The summed E-state index contributed by atoms with van der Waals surface area (Å²) in [6, 6.07) is 1.54. The van der Waals surface area contributed by atoms with Crippen molar-refractivity contribution >= 4 is 6.09 Å². The summed E-state index contributed by atoms with van der Waals surface area (Å²) in [6.45, 7) is 4.84. The van der Waals surface area contributed by atoms with E-state index in [4.69, 9.17) is 10.5 Å². The second kappa shape index (κ2) is 6.51. The van der Waals surface area contributed by atoms with Crippen LogP contribution in [0.25, 0.3) is 0 Å². The maximum absolute atomic E-state index is 13.5. The zero-order valence-corrected chi connectivity index (χ0v) is 12.4. The molecule has 0 saturated carbocycles. The van der Waals surface area contributed by atoms with Gasteiger partial charge in [-0.1, -0.05) is 6.07 Å². The molecule has 4 nitrogen and oxygen atoms in total. The second-order valence-corrected chi connectivity index (χ2v) is 5.67. The van der Waals surface area contributed by atoms with Crippen LogP contribution in [-0.4, -0.2) is 18.2 Å². The Bertz CT molecular complexity index is 539. The lowest BCUT2D eigenvalue weighted by Gasteiger charge is -2.23. The van der Waals surface area contributed by atoms with Crippen LogP contribution < -0.4 is 11.1 Å². The summed E-state index contributed by atoms with van der Waals surface area (Å²) < 4.78 is 56.1. The molecular weight excluding hydrogens is 304 g/mol. The van der Waals surface area contributed by atoms with E-state index in [0.29, 0.717) is 12.1 Å². The lowest BCUT2D eigenvalue weighted by molar-refractivity contribution is -0.140. The molecule has 0 aliphatic carbocycles. The van der Waals surface area contributed by atoms with Crippen molar-refractivity contribution in [3.63, 3.8) is 0 Å². The summed E-state index contributed by atoms with van der Waals surface area (Å²) in [5.74, 6) is -1.42. The van der Waals surface area contributed by atoms with Gasteiger partial charge in [-0.2, -0.15) is 13.2 Å². The Morgan fingerprint density at radius 1 is 1.32 bits per heavy atom. The first-order valence-electron chi connectivity index (χ1n) is 6.50. The van der Waals surface area contributed by atoms with Crippen molar-refractivity contribution in [2.24, 2.45) is 5.73 Å². The van der Waals surface area contributed by atoms with E-state index < -0.39 is 35.3 Å². The number of alkyl halides is 3. The van der Waals surface area contributed by atoms with Gasteiger partial charge in [-0.05, 0) is 38.5 Å². The lowest BCUT2D eigenvalue weighted by Crippen LogP contribution is -2.37. The Hall–Kier alpha value is -1.83. The molecule has 1 rings (SSSR count). The zero-order chi connectivity index (χ0) is 17.1. The predicted molar refractivity (Wildman–Crippen MR) is 72.6 cm³/mol. The summed E-state index contributed by atoms with van der Waals surface area (Å²) >= 11 is 0. The Balaban J connectivity index is 2.92. The van der Waals surface area contributed by atoms with Crippen molar-refractivity contribution in [3.05, 3.63) is 35.1 Å². The van der Waals surface area contributed by atoms with E-state index in [1.165, 1.54) is 0 Å². The highest BCUT2D eigenvalue weighted by Gasteiger charge is 2.34. The normalized spacial score (nSPS) is 13.6. The summed E-state index contributed by atoms with van der Waals surface area (Å²) in [7, 11) is 0. The van der Waals surface area contributed by atoms with Crippen molar-refractivity contribution in [3.8, 4) is 0 Å². The van der Waals surface area contributed by atoms with E-state index in [1.807, 2.05) is 0 Å². The van der Waals surface area contributed by atoms with Gasteiger partial charge in [-0.15, -0.1) is 0 Å². The Morgan fingerprint density at radius 3 is 2.32 bits per heavy atom. The van der Waals surface area contributed by atoms with Gasteiger partial charge in [0.1, 0.15) is 11.4 Å². The average Bonchev–Trinajstić information content (AvgIpc) is 2.32. The summed E-state index contributed by atoms with van der Waals surface area (Å²) in [4.78, 5) is 11.6. The Labute approximate surface area is 125 Å². The first-order valence-corrected chi connectivity index (χ1v) is 6.50. The van der Waals surface area contributed by atoms with E-state index >= 15 is 0 Å². The van der Waals surface area contributed by atoms with Crippen LogP contribution in [0, 0.1) is 5.82 Å². The molecule has 3 N–H and O–H groups in total. The smallest absolute Gasteiger partial charge is 0.419 e. The highest BCUT2D eigenvalue weighted by atomic mass is 19.4. The number of alkyl carbamates (subject to hydrolysis) is 1. The first kappa shape index (κ1) is 18.2. The number of ether oxygens (including phenoxy) is 1. The van der Waals surface area contributed by atoms with Gasteiger partial charge in [0.2, 0.25) is 0 Å². The maximum Gasteiger partial charge on any atom is 0.419 e.